The van der Waals surface area contributed by atoms with Gasteiger partial charge < -0.3 is 19.7 Å². The first kappa shape index (κ1) is 26.2. The van der Waals surface area contributed by atoms with Gasteiger partial charge in [0.1, 0.15) is 18.2 Å². The molecule has 0 heterocycles. The second-order valence-corrected chi connectivity index (χ2v) is 9.32. The minimum atomic E-state index is -0.709. The van der Waals surface area contributed by atoms with Crippen LogP contribution in [0.15, 0.2) is 0 Å². The van der Waals surface area contributed by atoms with Crippen molar-refractivity contribution in [2.45, 2.75) is 104 Å². The molecule has 30 heavy (non-hydrogen) atoms. The van der Waals surface area contributed by atoms with Crippen molar-refractivity contribution in [1.29, 1.82) is 0 Å². The molecular weight excluding hydrogens is 384 g/mol. The highest BCUT2D eigenvalue weighted by atomic mass is 16.6. The molecule has 0 bridgehead atoms. The number of unbranched alkanes of at least 4 members (excludes halogenated alkanes) is 1. The number of nitrogens with one attached hydrogen (secondary N) is 1. The van der Waals surface area contributed by atoms with E-state index in [1.165, 1.54) is 44.1 Å². The number of nitrogens with zero attached hydrogens (tertiary/aromatic N) is 1. The fraction of sp³-hybridized carbons (Fsp3) is 0.870. The van der Waals surface area contributed by atoms with Crippen molar-refractivity contribution < 1.29 is 23.9 Å². The summed E-state index contributed by atoms with van der Waals surface area (Å²) in [6.07, 6.45) is 9.89. The summed E-state index contributed by atoms with van der Waals surface area (Å²) in [6.45, 7) is 7.77. The molecule has 1 atom stereocenters. The maximum Gasteiger partial charge on any atom is 0.408 e. The summed E-state index contributed by atoms with van der Waals surface area (Å²) in [6, 6.07) is -0.709. The van der Waals surface area contributed by atoms with Gasteiger partial charge >= 0.3 is 12.1 Å². The van der Waals surface area contributed by atoms with Gasteiger partial charge in [0.2, 0.25) is 5.91 Å². The molecule has 0 spiro atoms. The van der Waals surface area contributed by atoms with E-state index in [0.29, 0.717) is 18.9 Å². The summed E-state index contributed by atoms with van der Waals surface area (Å²) in [7, 11) is 1.32. The quantitative estimate of drug-likeness (QED) is 0.494. The largest absolute Gasteiger partial charge is 0.468 e. The molecule has 0 aliphatic heterocycles. The number of esters is 1. The highest BCUT2D eigenvalue weighted by molar-refractivity contribution is 5.88. The molecule has 1 N–H and O–H groups in total. The van der Waals surface area contributed by atoms with Crippen LogP contribution in [0.1, 0.15) is 91.9 Å². The van der Waals surface area contributed by atoms with Gasteiger partial charge in [0.25, 0.3) is 0 Å². The van der Waals surface area contributed by atoms with Gasteiger partial charge in [0.15, 0.2) is 0 Å². The summed E-state index contributed by atoms with van der Waals surface area (Å²) in [4.78, 5) is 38.9. The Bertz CT molecular complexity index is 538. The molecule has 1 fully saturated rings. The van der Waals surface area contributed by atoms with Crippen molar-refractivity contribution in [2.75, 3.05) is 20.2 Å². The third kappa shape index (κ3) is 10.8. The Morgan fingerprint density at radius 1 is 1.10 bits per heavy atom. The van der Waals surface area contributed by atoms with Crippen LogP contribution < -0.4 is 5.32 Å². The lowest BCUT2D eigenvalue weighted by atomic mass is 9.86. The van der Waals surface area contributed by atoms with Crippen molar-refractivity contribution in [2.24, 2.45) is 5.92 Å². The molecule has 0 aromatic rings. The smallest absolute Gasteiger partial charge is 0.408 e. The van der Waals surface area contributed by atoms with Crippen LogP contribution in [0.3, 0.4) is 0 Å². The average Bonchev–Trinajstić information content (AvgIpc) is 2.69. The first-order chi connectivity index (χ1) is 14.2. The third-order valence-corrected chi connectivity index (χ3v) is 5.46. The second kappa shape index (κ2) is 13.5. The third-order valence-electron chi connectivity index (χ3n) is 5.46. The van der Waals surface area contributed by atoms with Crippen molar-refractivity contribution in [3.63, 3.8) is 0 Å². The monoisotopic (exact) mass is 426 g/mol. The van der Waals surface area contributed by atoms with Crippen LogP contribution in [0.25, 0.3) is 0 Å². The lowest BCUT2D eigenvalue weighted by Crippen LogP contribution is -2.51. The lowest BCUT2D eigenvalue weighted by Gasteiger charge is -2.29. The molecule has 7 heteroatoms. The number of hydrogen-bond acceptors (Lipinski definition) is 5. The molecule has 1 aliphatic carbocycles. The second-order valence-electron chi connectivity index (χ2n) is 9.32. The molecule has 1 saturated carbocycles. The van der Waals surface area contributed by atoms with Gasteiger partial charge in [0.05, 0.1) is 7.11 Å². The van der Waals surface area contributed by atoms with Gasteiger partial charge in [-0.15, -0.1) is 0 Å². The van der Waals surface area contributed by atoms with E-state index in [1.54, 1.807) is 20.8 Å². The minimum absolute atomic E-state index is 0.0986. The lowest BCUT2D eigenvalue weighted by molar-refractivity contribution is -0.147. The van der Waals surface area contributed by atoms with Crippen molar-refractivity contribution in [3.05, 3.63) is 0 Å². The molecule has 7 nitrogen and oxygen atoms in total. The fourth-order valence-corrected chi connectivity index (χ4v) is 3.87. The van der Waals surface area contributed by atoms with Gasteiger partial charge in [-0.2, -0.15) is 0 Å². The fourth-order valence-electron chi connectivity index (χ4n) is 3.87. The van der Waals surface area contributed by atoms with Crippen LogP contribution in [0.5, 0.6) is 0 Å². The zero-order valence-corrected chi connectivity index (χ0v) is 19.6. The molecule has 0 aromatic heterocycles. The number of hydrogen-bond donors (Lipinski definition) is 1. The molecule has 0 radical (unpaired) electrons. The van der Waals surface area contributed by atoms with Gasteiger partial charge in [-0.1, -0.05) is 51.9 Å². The maximum absolute atomic E-state index is 13.2. The zero-order chi connectivity index (χ0) is 22.6. The number of ether oxygens (including phenoxy) is 2. The van der Waals surface area contributed by atoms with Crippen LogP contribution in [-0.2, 0) is 19.1 Å². The van der Waals surface area contributed by atoms with E-state index in [0.717, 1.165) is 25.7 Å². The van der Waals surface area contributed by atoms with E-state index >= 15 is 0 Å². The van der Waals surface area contributed by atoms with Gasteiger partial charge in [-0.3, -0.25) is 9.59 Å². The van der Waals surface area contributed by atoms with Crippen LogP contribution in [0.2, 0.25) is 0 Å². The van der Waals surface area contributed by atoms with E-state index in [9.17, 15) is 14.4 Å². The number of alkyl carbamates (subject to hydrolysis) is 1. The maximum atomic E-state index is 13.2. The number of carbonyl (C=O) groups excluding carboxylic acids is 3. The van der Waals surface area contributed by atoms with E-state index < -0.39 is 23.7 Å². The Labute approximate surface area is 182 Å². The zero-order valence-electron chi connectivity index (χ0n) is 19.6. The van der Waals surface area contributed by atoms with Gasteiger partial charge in [-0.25, -0.2) is 4.79 Å². The van der Waals surface area contributed by atoms with Crippen molar-refractivity contribution in [3.8, 4) is 0 Å². The Morgan fingerprint density at radius 2 is 1.77 bits per heavy atom. The summed E-state index contributed by atoms with van der Waals surface area (Å²) >= 11 is 0. The molecule has 0 unspecified atom stereocenters. The molecule has 2 amide bonds. The van der Waals surface area contributed by atoms with E-state index in [1.807, 2.05) is 6.92 Å². The molecular formula is C23H42N2O5. The average molecular weight is 427 g/mol. The molecule has 1 rings (SSSR count). The number of methoxy groups -OCH3 is 1. The Kier molecular flexibility index (Phi) is 11.8. The van der Waals surface area contributed by atoms with Crippen LogP contribution >= 0.6 is 0 Å². The SMILES string of the molecule is CCCC[C@H](NC(=O)OC(C)(C)C)C(=O)N(CCCC1CCCCC1)CC(=O)OC. The summed E-state index contributed by atoms with van der Waals surface area (Å²) in [5.74, 6) is 0.0143. The number of rotatable bonds is 11. The van der Waals surface area contributed by atoms with E-state index in [2.05, 4.69) is 5.32 Å². The van der Waals surface area contributed by atoms with Crippen LogP contribution in [0, 0.1) is 5.92 Å². The van der Waals surface area contributed by atoms with Crippen molar-refractivity contribution in [1.82, 2.24) is 10.2 Å². The normalized spacial score (nSPS) is 15.9. The van der Waals surface area contributed by atoms with Crippen LogP contribution in [0.4, 0.5) is 4.79 Å². The summed E-state index contributed by atoms with van der Waals surface area (Å²) in [5.41, 5.74) is -0.645. The highest BCUT2D eigenvalue weighted by Crippen LogP contribution is 2.27. The van der Waals surface area contributed by atoms with Gasteiger partial charge in [0, 0.05) is 6.54 Å². The van der Waals surface area contributed by atoms with Crippen LogP contribution in [-0.4, -0.2) is 54.7 Å². The standard InChI is InChI=1S/C23H42N2O5/c1-6-7-15-19(24-22(28)30-23(2,3)4)21(27)25(17-20(26)29-5)16-11-14-18-12-9-8-10-13-18/h18-19H,6-17H2,1-5H3,(H,24,28)/t19-/m0/s1. The minimum Gasteiger partial charge on any atom is -0.468 e. The summed E-state index contributed by atoms with van der Waals surface area (Å²) < 4.78 is 10.1. The first-order valence-corrected chi connectivity index (χ1v) is 11.5. The Hall–Kier alpha value is -1.79. The Morgan fingerprint density at radius 3 is 2.33 bits per heavy atom. The highest BCUT2D eigenvalue weighted by Gasteiger charge is 2.29. The number of amides is 2. The first-order valence-electron chi connectivity index (χ1n) is 11.5. The van der Waals surface area contributed by atoms with Crippen molar-refractivity contribution >= 4 is 18.0 Å². The topological polar surface area (TPSA) is 84.9 Å². The van der Waals surface area contributed by atoms with E-state index in [-0.39, 0.29) is 12.5 Å². The predicted octanol–water partition coefficient (Wildman–Crippen LogP) is 4.43. The number of carbonyl (C=O) groups is 3. The molecule has 1 aliphatic rings. The summed E-state index contributed by atoms with van der Waals surface area (Å²) in [5, 5.41) is 2.72. The molecule has 174 valence electrons. The van der Waals surface area contributed by atoms with Gasteiger partial charge in [-0.05, 0) is 46.0 Å². The Balaban J connectivity index is 2.77. The van der Waals surface area contributed by atoms with E-state index in [4.69, 9.17) is 9.47 Å². The molecule has 0 saturated heterocycles. The predicted molar refractivity (Wildman–Crippen MR) is 117 cm³/mol. The molecule has 0 aromatic carbocycles.